The molecule has 0 saturated heterocycles. The molecular weight excluding hydrogens is 186 g/mol. The summed E-state index contributed by atoms with van der Waals surface area (Å²) in [5, 5.41) is 3.51. The van der Waals surface area contributed by atoms with E-state index in [4.69, 9.17) is 0 Å². The predicted octanol–water partition coefficient (Wildman–Crippen LogP) is 2.64. The molecule has 0 aliphatic heterocycles. The van der Waals surface area contributed by atoms with Crippen LogP contribution >= 0.6 is 0 Å². The second-order valence-electron chi connectivity index (χ2n) is 4.41. The molecule has 3 heteroatoms. The van der Waals surface area contributed by atoms with Gasteiger partial charge >= 0.3 is 0 Å². The standard InChI is InChI=1S/C12H19N3/c1-3-10-7-12(14-8-13-10)15-11-6-4-5-9(11)2/h7-9,11H,3-6H2,1-2H3,(H,13,14,15). The lowest BCUT2D eigenvalue weighted by atomic mass is 10.1. The lowest BCUT2D eigenvalue weighted by molar-refractivity contribution is 0.554. The summed E-state index contributed by atoms with van der Waals surface area (Å²) >= 11 is 0. The number of anilines is 1. The van der Waals surface area contributed by atoms with Gasteiger partial charge < -0.3 is 5.32 Å². The molecule has 1 aromatic heterocycles. The van der Waals surface area contributed by atoms with Gasteiger partial charge in [0, 0.05) is 17.8 Å². The highest BCUT2D eigenvalue weighted by atomic mass is 15.0. The summed E-state index contributed by atoms with van der Waals surface area (Å²) in [6, 6.07) is 2.66. The summed E-state index contributed by atoms with van der Waals surface area (Å²) in [5.41, 5.74) is 1.11. The van der Waals surface area contributed by atoms with E-state index in [0.29, 0.717) is 6.04 Å². The lowest BCUT2D eigenvalue weighted by Crippen LogP contribution is -2.22. The number of nitrogens with zero attached hydrogens (tertiary/aromatic N) is 2. The van der Waals surface area contributed by atoms with Gasteiger partial charge in [-0.15, -0.1) is 0 Å². The number of nitrogens with one attached hydrogen (secondary N) is 1. The van der Waals surface area contributed by atoms with E-state index in [2.05, 4.69) is 35.2 Å². The normalized spacial score (nSPS) is 25.5. The highest BCUT2D eigenvalue weighted by Crippen LogP contribution is 2.27. The zero-order valence-corrected chi connectivity index (χ0v) is 9.53. The van der Waals surface area contributed by atoms with Gasteiger partial charge in [0.05, 0.1) is 0 Å². The first kappa shape index (κ1) is 10.4. The van der Waals surface area contributed by atoms with Gasteiger partial charge in [-0.3, -0.25) is 0 Å². The van der Waals surface area contributed by atoms with Crippen molar-refractivity contribution in [3.63, 3.8) is 0 Å². The van der Waals surface area contributed by atoms with E-state index in [-0.39, 0.29) is 0 Å². The van der Waals surface area contributed by atoms with Crippen LogP contribution in [0, 0.1) is 5.92 Å². The molecule has 1 N–H and O–H groups in total. The molecule has 1 fully saturated rings. The molecule has 1 aromatic rings. The Labute approximate surface area is 91.3 Å². The third-order valence-corrected chi connectivity index (χ3v) is 3.28. The second kappa shape index (κ2) is 4.60. The summed E-state index contributed by atoms with van der Waals surface area (Å²) in [5.74, 6) is 1.76. The van der Waals surface area contributed by atoms with Crippen molar-refractivity contribution in [1.82, 2.24) is 9.97 Å². The molecule has 1 aliphatic rings. The van der Waals surface area contributed by atoms with Crippen LogP contribution in [0.4, 0.5) is 5.82 Å². The fraction of sp³-hybridized carbons (Fsp3) is 0.667. The van der Waals surface area contributed by atoms with Crippen molar-refractivity contribution in [2.75, 3.05) is 5.32 Å². The van der Waals surface area contributed by atoms with Crippen LogP contribution in [0.5, 0.6) is 0 Å². The molecule has 1 saturated carbocycles. The highest BCUT2D eigenvalue weighted by molar-refractivity contribution is 5.36. The number of rotatable bonds is 3. The Morgan fingerprint density at radius 1 is 1.40 bits per heavy atom. The summed E-state index contributed by atoms with van der Waals surface area (Å²) in [6.45, 7) is 4.43. The minimum absolute atomic E-state index is 0.601. The zero-order valence-electron chi connectivity index (χ0n) is 9.53. The first-order valence-corrected chi connectivity index (χ1v) is 5.87. The molecule has 2 rings (SSSR count). The van der Waals surface area contributed by atoms with E-state index in [1.54, 1.807) is 6.33 Å². The summed E-state index contributed by atoms with van der Waals surface area (Å²) in [6.07, 6.45) is 6.57. The Morgan fingerprint density at radius 3 is 2.93 bits per heavy atom. The van der Waals surface area contributed by atoms with Crippen LogP contribution in [0.25, 0.3) is 0 Å². The van der Waals surface area contributed by atoms with Gasteiger partial charge in [-0.25, -0.2) is 9.97 Å². The van der Waals surface area contributed by atoms with Crippen LogP contribution in [0.15, 0.2) is 12.4 Å². The van der Waals surface area contributed by atoms with E-state index >= 15 is 0 Å². The fourth-order valence-electron chi connectivity index (χ4n) is 2.22. The first-order chi connectivity index (χ1) is 7.29. The van der Waals surface area contributed by atoms with Crippen LogP contribution in [-0.4, -0.2) is 16.0 Å². The Morgan fingerprint density at radius 2 is 2.27 bits per heavy atom. The Balaban J connectivity index is 2.03. The van der Waals surface area contributed by atoms with Crippen molar-refractivity contribution >= 4 is 5.82 Å². The molecule has 0 aromatic carbocycles. The van der Waals surface area contributed by atoms with Crippen molar-refractivity contribution in [3.8, 4) is 0 Å². The molecule has 0 radical (unpaired) electrons. The van der Waals surface area contributed by atoms with Crippen LogP contribution in [-0.2, 0) is 6.42 Å². The van der Waals surface area contributed by atoms with Crippen LogP contribution in [0.2, 0.25) is 0 Å². The summed E-state index contributed by atoms with van der Waals surface area (Å²) in [4.78, 5) is 8.46. The Bertz CT molecular complexity index is 324. The minimum atomic E-state index is 0.601. The Kier molecular flexibility index (Phi) is 3.19. The van der Waals surface area contributed by atoms with Crippen LogP contribution < -0.4 is 5.32 Å². The van der Waals surface area contributed by atoms with E-state index < -0.39 is 0 Å². The molecule has 1 aliphatic carbocycles. The molecule has 0 bridgehead atoms. The lowest BCUT2D eigenvalue weighted by Gasteiger charge is -2.17. The molecule has 82 valence electrons. The van der Waals surface area contributed by atoms with Crippen molar-refractivity contribution in [3.05, 3.63) is 18.1 Å². The average molecular weight is 205 g/mol. The topological polar surface area (TPSA) is 37.8 Å². The molecule has 2 unspecified atom stereocenters. The zero-order chi connectivity index (χ0) is 10.7. The second-order valence-corrected chi connectivity index (χ2v) is 4.41. The van der Waals surface area contributed by atoms with Crippen molar-refractivity contribution in [1.29, 1.82) is 0 Å². The molecule has 2 atom stereocenters. The van der Waals surface area contributed by atoms with Crippen LogP contribution in [0.1, 0.15) is 38.8 Å². The average Bonchev–Trinajstić information content (AvgIpc) is 2.65. The van der Waals surface area contributed by atoms with Gasteiger partial charge in [0.1, 0.15) is 12.1 Å². The van der Waals surface area contributed by atoms with Gasteiger partial charge in [-0.05, 0) is 25.2 Å². The molecular formula is C12H19N3. The Hall–Kier alpha value is -1.12. The predicted molar refractivity (Wildman–Crippen MR) is 61.8 cm³/mol. The number of aryl methyl sites for hydroxylation is 1. The van der Waals surface area contributed by atoms with Crippen molar-refractivity contribution in [2.45, 2.75) is 45.6 Å². The van der Waals surface area contributed by atoms with Gasteiger partial charge in [-0.2, -0.15) is 0 Å². The summed E-state index contributed by atoms with van der Waals surface area (Å²) in [7, 11) is 0. The van der Waals surface area contributed by atoms with Gasteiger partial charge in [0.2, 0.25) is 0 Å². The van der Waals surface area contributed by atoms with Gasteiger partial charge in [-0.1, -0.05) is 20.3 Å². The maximum absolute atomic E-state index is 4.26. The third-order valence-electron chi connectivity index (χ3n) is 3.28. The SMILES string of the molecule is CCc1cc(NC2CCCC2C)ncn1. The van der Waals surface area contributed by atoms with Gasteiger partial charge in [0.15, 0.2) is 0 Å². The number of aromatic nitrogens is 2. The monoisotopic (exact) mass is 205 g/mol. The smallest absolute Gasteiger partial charge is 0.129 e. The quantitative estimate of drug-likeness (QED) is 0.824. The molecule has 3 nitrogen and oxygen atoms in total. The highest BCUT2D eigenvalue weighted by Gasteiger charge is 2.23. The largest absolute Gasteiger partial charge is 0.367 e. The summed E-state index contributed by atoms with van der Waals surface area (Å²) < 4.78 is 0. The maximum atomic E-state index is 4.26. The maximum Gasteiger partial charge on any atom is 0.129 e. The fourth-order valence-corrected chi connectivity index (χ4v) is 2.22. The first-order valence-electron chi connectivity index (χ1n) is 5.87. The molecule has 0 amide bonds. The van der Waals surface area contributed by atoms with Crippen molar-refractivity contribution in [2.24, 2.45) is 5.92 Å². The van der Waals surface area contributed by atoms with Crippen molar-refractivity contribution < 1.29 is 0 Å². The van der Waals surface area contributed by atoms with Crippen LogP contribution in [0.3, 0.4) is 0 Å². The van der Waals surface area contributed by atoms with E-state index in [9.17, 15) is 0 Å². The molecule has 0 spiro atoms. The minimum Gasteiger partial charge on any atom is -0.367 e. The molecule has 15 heavy (non-hydrogen) atoms. The molecule has 1 heterocycles. The van der Waals surface area contributed by atoms with E-state index in [1.807, 2.05) is 0 Å². The van der Waals surface area contributed by atoms with E-state index in [0.717, 1.165) is 23.9 Å². The number of hydrogen-bond donors (Lipinski definition) is 1. The van der Waals surface area contributed by atoms with Gasteiger partial charge in [0.25, 0.3) is 0 Å². The van der Waals surface area contributed by atoms with E-state index in [1.165, 1.54) is 19.3 Å². The third kappa shape index (κ3) is 2.46. The number of hydrogen-bond acceptors (Lipinski definition) is 3.